The Morgan fingerprint density at radius 2 is 2.00 bits per heavy atom. The Labute approximate surface area is 181 Å². The Morgan fingerprint density at radius 3 is 2.68 bits per heavy atom. The molecule has 0 saturated carbocycles. The number of para-hydroxylation sites is 1. The number of benzene rings is 1. The van der Waals surface area contributed by atoms with Crippen LogP contribution in [0, 0.1) is 6.92 Å². The van der Waals surface area contributed by atoms with E-state index in [0.717, 1.165) is 34.3 Å². The molecule has 3 rings (SSSR count). The van der Waals surface area contributed by atoms with E-state index in [-0.39, 0.29) is 30.5 Å². The van der Waals surface area contributed by atoms with E-state index in [4.69, 9.17) is 0 Å². The van der Waals surface area contributed by atoms with Gasteiger partial charge in [-0.25, -0.2) is 4.98 Å². The van der Waals surface area contributed by atoms with Crippen LogP contribution in [0.5, 0.6) is 0 Å². The van der Waals surface area contributed by atoms with Crippen LogP contribution in [0.1, 0.15) is 22.0 Å². The first kappa shape index (κ1) is 22.5. The van der Waals surface area contributed by atoms with Gasteiger partial charge in [-0.05, 0) is 25.0 Å². The van der Waals surface area contributed by atoms with Crippen LogP contribution in [-0.2, 0) is 19.1 Å². The Kier molecular flexibility index (Phi) is 7.70. The minimum Gasteiger partial charge on any atom is -0.358 e. The molecule has 0 bridgehead atoms. The van der Waals surface area contributed by atoms with Crippen LogP contribution in [0.2, 0.25) is 0 Å². The number of aromatic nitrogens is 2. The van der Waals surface area contributed by atoms with Crippen molar-refractivity contribution in [3.8, 4) is 0 Å². The molecule has 1 aromatic carbocycles. The predicted octanol–water partition coefficient (Wildman–Crippen LogP) is 4.48. The number of nitrogens with one attached hydrogen (secondary N) is 3. The Balaban J connectivity index is 0.00000280. The van der Waals surface area contributed by atoms with Gasteiger partial charge in [0.05, 0.1) is 6.54 Å². The second-order valence-electron chi connectivity index (χ2n) is 6.00. The van der Waals surface area contributed by atoms with Crippen LogP contribution in [0.15, 0.2) is 34.6 Å². The van der Waals surface area contributed by atoms with Crippen LogP contribution in [0.3, 0.4) is 0 Å². The fourth-order valence-electron chi connectivity index (χ4n) is 2.87. The van der Waals surface area contributed by atoms with Gasteiger partial charge in [-0.15, -0.1) is 35.3 Å². The second-order valence-corrected chi connectivity index (χ2v) is 6.94. The molecule has 3 aromatic rings. The molecule has 28 heavy (non-hydrogen) atoms. The lowest BCUT2D eigenvalue weighted by molar-refractivity contribution is -0.140. The molecule has 0 fully saturated rings. The summed E-state index contributed by atoms with van der Waals surface area (Å²) in [6.07, 6.45) is -3.61. The molecule has 0 radical (unpaired) electrons. The zero-order chi connectivity index (χ0) is 19.4. The van der Waals surface area contributed by atoms with Gasteiger partial charge in [-0.3, -0.25) is 4.99 Å². The number of aromatic amines is 1. The summed E-state index contributed by atoms with van der Waals surface area (Å²) in [4.78, 5) is 11.1. The number of fused-ring (bicyclic) bond motifs is 1. The van der Waals surface area contributed by atoms with Gasteiger partial charge in [0.2, 0.25) is 0 Å². The number of rotatable bonds is 5. The molecular formula is C18H21F3IN5S. The summed E-state index contributed by atoms with van der Waals surface area (Å²) in [5.41, 5.74) is 2.62. The molecule has 0 aliphatic carbocycles. The van der Waals surface area contributed by atoms with Crippen molar-refractivity contribution in [2.24, 2.45) is 4.99 Å². The third-order valence-corrected chi connectivity index (χ3v) is 5.02. The third kappa shape index (κ3) is 5.37. The minimum atomic E-state index is -4.41. The normalized spacial score (nSPS) is 12.1. The number of nitrogens with zero attached hydrogens (tertiary/aromatic N) is 2. The number of guanidine groups is 1. The van der Waals surface area contributed by atoms with Gasteiger partial charge in [-0.1, -0.05) is 18.2 Å². The molecule has 0 unspecified atom stereocenters. The van der Waals surface area contributed by atoms with Gasteiger partial charge in [0.1, 0.15) is 5.01 Å². The monoisotopic (exact) mass is 523 g/mol. The number of alkyl halides is 3. The highest BCUT2D eigenvalue weighted by Crippen LogP contribution is 2.29. The molecule has 0 saturated heterocycles. The van der Waals surface area contributed by atoms with Crippen molar-refractivity contribution < 1.29 is 13.2 Å². The smallest absolute Gasteiger partial charge is 0.358 e. The van der Waals surface area contributed by atoms with Crippen molar-refractivity contribution in [3.05, 3.63) is 51.6 Å². The molecule has 5 nitrogen and oxygen atoms in total. The summed E-state index contributed by atoms with van der Waals surface area (Å²) >= 11 is 0.974. The number of halogens is 4. The van der Waals surface area contributed by atoms with Crippen LogP contribution < -0.4 is 10.6 Å². The van der Waals surface area contributed by atoms with Gasteiger partial charge >= 0.3 is 6.18 Å². The maximum atomic E-state index is 12.6. The first-order chi connectivity index (χ1) is 12.9. The number of thiazole rings is 1. The van der Waals surface area contributed by atoms with Gasteiger partial charge < -0.3 is 15.6 Å². The zero-order valence-corrected chi connectivity index (χ0v) is 18.5. The molecular weight excluding hydrogens is 502 g/mol. The molecule has 2 heterocycles. The van der Waals surface area contributed by atoms with Crippen molar-refractivity contribution in [1.29, 1.82) is 0 Å². The molecule has 0 spiro atoms. The molecule has 152 valence electrons. The summed E-state index contributed by atoms with van der Waals surface area (Å²) in [6.45, 7) is 2.88. The van der Waals surface area contributed by atoms with Gasteiger partial charge in [0.25, 0.3) is 0 Å². The number of hydrogen-bond donors (Lipinski definition) is 3. The highest BCUT2D eigenvalue weighted by atomic mass is 127. The standard InChI is InChI=1S/C18H20F3N5S.HI/c1-11-12(13-5-3-4-6-14(13)25-11)7-8-23-17(22-2)24-9-16-26-15(10-27-16)18(19,20)21;/h3-6,10,25H,7-9H2,1-2H3,(H2,22,23,24);1H. The second kappa shape index (κ2) is 9.59. The summed E-state index contributed by atoms with van der Waals surface area (Å²) < 4.78 is 37.8. The van der Waals surface area contributed by atoms with Gasteiger partial charge in [-0.2, -0.15) is 13.2 Å². The van der Waals surface area contributed by atoms with Crippen LogP contribution in [-0.4, -0.2) is 29.5 Å². The largest absolute Gasteiger partial charge is 0.434 e. The zero-order valence-electron chi connectivity index (χ0n) is 15.4. The lowest BCUT2D eigenvalue weighted by Gasteiger charge is -2.11. The quantitative estimate of drug-likeness (QED) is 0.263. The molecule has 0 aliphatic rings. The molecule has 10 heteroatoms. The molecule has 3 N–H and O–H groups in total. The van der Waals surface area contributed by atoms with Gasteiger partial charge in [0.15, 0.2) is 11.7 Å². The van der Waals surface area contributed by atoms with Crippen molar-refractivity contribution in [2.45, 2.75) is 26.1 Å². The van der Waals surface area contributed by atoms with Crippen molar-refractivity contribution >= 4 is 52.2 Å². The molecule has 2 aromatic heterocycles. The highest BCUT2D eigenvalue weighted by Gasteiger charge is 2.33. The van der Waals surface area contributed by atoms with E-state index in [1.54, 1.807) is 7.05 Å². The molecule has 0 atom stereocenters. The van der Waals surface area contributed by atoms with E-state index in [1.165, 1.54) is 10.9 Å². The summed E-state index contributed by atoms with van der Waals surface area (Å²) in [6, 6.07) is 8.13. The summed E-state index contributed by atoms with van der Waals surface area (Å²) in [5.74, 6) is 0.524. The van der Waals surface area contributed by atoms with Crippen molar-refractivity contribution in [2.75, 3.05) is 13.6 Å². The third-order valence-electron chi connectivity index (χ3n) is 4.17. The van der Waals surface area contributed by atoms with Crippen LogP contribution in [0.4, 0.5) is 13.2 Å². The average molecular weight is 523 g/mol. The van der Waals surface area contributed by atoms with Crippen molar-refractivity contribution in [1.82, 2.24) is 20.6 Å². The number of aliphatic imine (C=N–C) groups is 1. The molecule has 0 amide bonds. The van der Waals surface area contributed by atoms with Crippen LogP contribution >= 0.6 is 35.3 Å². The highest BCUT2D eigenvalue weighted by molar-refractivity contribution is 14.0. The Bertz CT molecular complexity index is 948. The predicted molar refractivity (Wildman–Crippen MR) is 117 cm³/mol. The summed E-state index contributed by atoms with van der Waals surface area (Å²) in [5, 5.41) is 8.76. The lowest BCUT2D eigenvalue weighted by atomic mass is 10.1. The fourth-order valence-corrected chi connectivity index (χ4v) is 3.61. The van der Waals surface area contributed by atoms with E-state index in [0.29, 0.717) is 17.5 Å². The average Bonchev–Trinajstić information content (AvgIpc) is 3.22. The number of H-pyrrole nitrogens is 1. The maximum absolute atomic E-state index is 12.6. The van der Waals surface area contributed by atoms with E-state index in [9.17, 15) is 13.2 Å². The molecule has 0 aliphatic heterocycles. The number of hydrogen-bond acceptors (Lipinski definition) is 3. The van der Waals surface area contributed by atoms with E-state index in [1.807, 2.05) is 25.1 Å². The van der Waals surface area contributed by atoms with Gasteiger partial charge in [0, 0.05) is 35.6 Å². The summed E-state index contributed by atoms with van der Waals surface area (Å²) in [7, 11) is 1.62. The fraction of sp³-hybridized carbons (Fsp3) is 0.333. The van der Waals surface area contributed by atoms with Crippen LogP contribution in [0.25, 0.3) is 10.9 Å². The maximum Gasteiger partial charge on any atom is 0.434 e. The number of aryl methyl sites for hydroxylation is 1. The first-order valence-corrected chi connectivity index (χ1v) is 9.28. The van der Waals surface area contributed by atoms with E-state index >= 15 is 0 Å². The Hall–Kier alpha value is -1.82. The Morgan fingerprint density at radius 1 is 1.25 bits per heavy atom. The van der Waals surface area contributed by atoms with Crippen molar-refractivity contribution in [3.63, 3.8) is 0 Å². The SMILES string of the molecule is CN=C(NCCc1c(C)[nH]c2ccccc12)NCc1nc(C(F)(F)F)cs1.I. The van der Waals surface area contributed by atoms with E-state index in [2.05, 4.69) is 31.7 Å². The van der Waals surface area contributed by atoms with E-state index < -0.39 is 11.9 Å². The minimum absolute atomic E-state index is 0. The topological polar surface area (TPSA) is 65.1 Å². The lowest BCUT2D eigenvalue weighted by Crippen LogP contribution is -2.37. The first-order valence-electron chi connectivity index (χ1n) is 8.41.